The number of amides is 2. The van der Waals surface area contributed by atoms with E-state index in [9.17, 15) is 14.4 Å². The second kappa shape index (κ2) is 8.43. The van der Waals surface area contributed by atoms with Crippen molar-refractivity contribution in [3.05, 3.63) is 47.2 Å². The number of ether oxygens (including phenoxy) is 1. The Balaban J connectivity index is 1.77. The average molecular weight is 399 g/mol. The number of aryl methyl sites for hydroxylation is 2. The van der Waals surface area contributed by atoms with Gasteiger partial charge in [-0.25, -0.2) is 9.78 Å². The smallest absolute Gasteiger partial charge is 0.338 e. The third-order valence-electron chi connectivity index (χ3n) is 4.14. The van der Waals surface area contributed by atoms with Crippen LogP contribution in [0.15, 0.2) is 35.4 Å². The van der Waals surface area contributed by atoms with Crippen molar-refractivity contribution < 1.29 is 19.1 Å². The van der Waals surface area contributed by atoms with Gasteiger partial charge in [-0.2, -0.15) is 0 Å². The van der Waals surface area contributed by atoms with Gasteiger partial charge in [-0.1, -0.05) is 17.8 Å². The molecule has 2 heterocycles. The molecule has 3 rings (SSSR count). The van der Waals surface area contributed by atoms with Gasteiger partial charge in [-0.3, -0.25) is 14.5 Å². The molecule has 1 N–H and O–H groups in total. The molecule has 0 spiro atoms. The second-order valence-electron chi connectivity index (χ2n) is 6.35. The molecule has 1 aliphatic rings. The van der Waals surface area contributed by atoms with E-state index in [0.717, 1.165) is 16.3 Å². The quantitative estimate of drug-likeness (QED) is 0.778. The molecular formula is C20H21N3O4S. The lowest BCUT2D eigenvalue weighted by atomic mass is 10.2. The minimum Gasteiger partial charge on any atom is -0.462 e. The molecule has 1 aromatic heterocycles. The van der Waals surface area contributed by atoms with Crippen LogP contribution in [0.5, 0.6) is 0 Å². The summed E-state index contributed by atoms with van der Waals surface area (Å²) < 4.78 is 4.97. The Morgan fingerprint density at radius 1 is 1.29 bits per heavy atom. The summed E-state index contributed by atoms with van der Waals surface area (Å²) in [6.45, 7) is 5.68. The number of rotatable bonds is 5. The summed E-state index contributed by atoms with van der Waals surface area (Å²) >= 11 is 1.38. The van der Waals surface area contributed by atoms with Crippen molar-refractivity contribution in [3.8, 4) is 0 Å². The van der Waals surface area contributed by atoms with Crippen LogP contribution in [-0.4, -0.2) is 41.7 Å². The fourth-order valence-corrected chi connectivity index (χ4v) is 4.04. The number of nitrogens with one attached hydrogen (secondary N) is 1. The molecular weight excluding hydrogens is 378 g/mol. The molecule has 28 heavy (non-hydrogen) atoms. The Labute approximate surface area is 167 Å². The van der Waals surface area contributed by atoms with Crippen LogP contribution in [0.25, 0.3) is 0 Å². The van der Waals surface area contributed by atoms with Crippen molar-refractivity contribution in [2.75, 3.05) is 29.1 Å². The van der Waals surface area contributed by atoms with Crippen molar-refractivity contribution in [2.45, 2.75) is 25.8 Å². The highest BCUT2D eigenvalue weighted by molar-refractivity contribution is 8.00. The van der Waals surface area contributed by atoms with Crippen LogP contribution in [-0.2, 0) is 14.3 Å². The molecule has 0 saturated carbocycles. The van der Waals surface area contributed by atoms with Gasteiger partial charge in [0.25, 0.3) is 0 Å². The van der Waals surface area contributed by atoms with Crippen molar-refractivity contribution in [1.29, 1.82) is 0 Å². The number of fused-ring (bicyclic) bond motifs is 1. The van der Waals surface area contributed by atoms with Crippen molar-refractivity contribution in [1.82, 2.24) is 4.98 Å². The number of anilines is 2. The molecule has 1 aliphatic heterocycles. The van der Waals surface area contributed by atoms with Gasteiger partial charge in [0.2, 0.25) is 11.8 Å². The van der Waals surface area contributed by atoms with Gasteiger partial charge in [-0.05, 0) is 50.6 Å². The molecule has 0 saturated heterocycles. The molecule has 7 nitrogen and oxygen atoms in total. The van der Waals surface area contributed by atoms with Crippen molar-refractivity contribution in [3.63, 3.8) is 0 Å². The summed E-state index contributed by atoms with van der Waals surface area (Å²) in [6, 6.07) is 8.40. The van der Waals surface area contributed by atoms with E-state index >= 15 is 0 Å². The second-order valence-corrected chi connectivity index (χ2v) is 7.32. The van der Waals surface area contributed by atoms with E-state index < -0.39 is 5.97 Å². The van der Waals surface area contributed by atoms with Gasteiger partial charge in [0.1, 0.15) is 11.6 Å². The number of carbonyl (C=O) groups is 3. The number of nitrogens with zero attached hydrogens (tertiary/aromatic N) is 2. The van der Waals surface area contributed by atoms with E-state index in [-0.39, 0.29) is 30.7 Å². The number of hydrogen-bond donors (Lipinski definition) is 1. The predicted molar refractivity (Wildman–Crippen MR) is 108 cm³/mol. The Kier molecular flexibility index (Phi) is 5.99. The van der Waals surface area contributed by atoms with Gasteiger partial charge in [0, 0.05) is 11.4 Å². The fourth-order valence-electron chi connectivity index (χ4n) is 3.01. The molecule has 2 aromatic rings. The molecule has 146 valence electrons. The first-order valence-electron chi connectivity index (χ1n) is 8.87. The number of hydrogen-bond acceptors (Lipinski definition) is 6. The Bertz CT molecular complexity index is 945. The molecule has 0 radical (unpaired) electrons. The number of aromatic nitrogens is 1. The van der Waals surface area contributed by atoms with E-state index in [2.05, 4.69) is 10.3 Å². The number of esters is 1. The lowest BCUT2D eigenvalue weighted by Crippen LogP contribution is -2.41. The van der Waals surface area contributed by atoms with E-state index in [1.54, 1.807) is 31.2 Å². The third-order valence-corrected chi connectivity index (χ3v) is 5.09. The first-order chi connectivity index (χ1) is 13.4. The Hall–Kier alpha value is -2.87. The SMILES string of the molecule is CCOC(=O)c1cccc(NC(=O)CN2C(=O)CSc3nc(C)cc(C)c32)c1. The highest BCUT2D eigenvalue weighted by atomic mass is 32.2. The highest BCUT2D eigenvalue weighted by Gasteiger charge is 2.29. The predicted octanol–water partition coefficient (Wildman–Crippen LogP) is 2.95. The van der Waals surface area contributed by atoms with Crippen LogP contribution in [0.1, 0.15) is 28.5 Å². The van der Waals surface area contributed by atoms with Gasteiger partial charge in [0.15, 0.2) is 0 Å². The zero-order chi connectivity index (χ0) is 20.3. The van der Waals surface area contributed by atoms with Crippen molar-refractivity contribution >= 4 is 40.9 Å². The number of benzene rings is 1. The standard InChI is InChI=1S/C20H21N3O4S/c1-4-27-20(26)14-6-5-7-15(9-14)22-16(24)10-23-17(25)11-28-19-18(23)12(2)8-13(3)21-19/h5-9H,4,10-11H2,1-3H3,(H,22,24). The summed E-state index contributed by atoms with van der Waals surface area (Å²) in [5, 5.41) is 3.50. The van der Waals surface area contributed by atoms with E-state index in [1.807, 2.05) is 19.9 Å². The van der Waals surface area contributed by atoms with Crippen LogP contribution in [0.4, 0.5) is 11.4 Å². The molecule has 0 atom stereocenters. The lowest BCUT2D eigenvalue weighted by molar-refractivity contribution is -0.120. The Morgan fingerprint density at radius 3 is 2.82 bits per heavy atom. The summed E-state index contributed by atoms with van der Waals surface area (Å²) in [5.74, 6) is -0.698. The highest BCUT2D eigenvalue weighted by Crippen LogP contribution is 2.36. The minimum absolute atomic E-state index is 0.123. The van der Waals surface area contributed by atoms with E-state index in [0.29, 0.717) is 16.9 Å². The maximum Gasteiger partial charge on any atom is 0.338 e. The van der Waals surface area contributed by atoms with E-state index in [4.69, 9.17) is 4.74 Å². The molecule has 0 fully saturated rings. The maximum absolute atomic E-state index is 12.6. The lowest BCUT2D eigenvalue weighted by Gasteiger charge is -2.29. The van der Waals surface area contributed by atoms with Crippen molar-refractivity contribution in [2.24, 2.45) is 0 Å². The van der Waals surface area contributed by atoms with Crippen LogP contribution in [0, 0.1) is 13.8 Å². The topological polar surface area (TPSA) is 88.6 Å². The zero-order valence-electron chi connectivity index (χ0n) is 15.9. The minimum atomic E-state index is -0.451. The van der Waals surface area contributed by atoms with Crippen LogP contribution in [0.2, 0.25) is 0 Å². The zero-order valence-corrected chi connectivity index (χ0v) is 16.8. The molecule has 0 aliphatic carbocycles. The van der Waals surface area contributed by atoms with Gasteiger partial charge in [0.05, 0.1) is 23.6 Å². The number of pyridine rings is 1. The molecule has 0 unspecified atom stereocenters. The Morgan fingerprint density at radius 2 is 2.07 bits per heavy atom. The summed E-state index contributed by atoms with van der Waals surface area (Å²) in [6.07, 6.45) is 0. The van der Waals surface area contributed by atoms with Crippen LogP contribution in [0.3, 0.4) is 0 Å². The molecule has 0 bridgehead atoms. The molecule has 2 amide bonds. The maximum atomic E-state index is 12.6. The largest absolute Gasteiger partial charge is 0.462 e. The monoisotopic (exact) mass is 399 g/mol. The number of thioether (sulfide) groups is 1. The van der Waals surface area contributed by atoms with Crippen LogP contribution >= 0.6 is 11.8 Å². The normalized spacial score (nSPS) is 13.1. The molecule has 1 aromatic carbocycles. The summed E-state index contributed by atoms with van der Waals surface area (Å²) in [5.41, 5.74) is 3.28. The summed E-state index contributed by atoms with van der Waals surface area (Å²) in [4.78, 5) is 42.8. The first-order valence-corrected chi connectivity index (χ1v) is 9.86. The average Bonchev–Trinajstić information content (AvgIpc) is 2.64. The third kappa shape index (κ3) is 4.33. The van der Waals surface area contributed by atoms with Gasteiger partial charge < -0.3 is 10.1 Å². The fraction of sp³-hybridized carbons (Fsp3) is 0.300. The van der Waals surface area contributed by atoms with Crippen LogP contribution < -0.4 is 10.2 Å². The molecule has 8 heteroatoms. The first kappa shape index (κ1) is 19.9. The van der Waals surface area contributed by atoms with Gasteiger partial charge in [-0.15, -0.1) is 0 Å². The van der Waals surface area contributed by atoms with E-state index in [1.165, 1.54) is 16.7 Å². The number of carbonyl (C=O) groups excluding carboxylic acids is 3. The summed E-state index contributed by atoms with van der Waals surface area (Å²) in [7, 11) is 0. The van der Waals surface area contributed by atoms with Gasteiger partial charge >= 0.3 is 5.97 Å².